The van der Waals surface area contributed by atoms with E-state index in [1.165, 1.54) is 0 Å². The van der Waals surface area contributed by atoms with Crippen molar-refractivity contribution in [3.63, 3.8) is 0 Å². The summed E-state index contributed by atoms with van der Waals surface area (Å²) >= 11 is 1.09. The van der Waals surface area contributed by atoms with Crippen LogP contribution < -0.4 is 0 Å². The van der Waals surface area contributed by atoms with Gasteiger partial charge in [-0.15, -0.1) is 11.3 Å². The van der Waals surface area contributed by atoms with E-state index in [9.17, 15) is 18.0 Å². The van der Waals surface area contributed by atoms with E-state index in [0.29, 0.717) is 10.7 Å². The lowest BCUT2D eigenvalue weighted by molar-refractivity contribution is 0.103. The Bertz CT molecular complexity index is 636. The van der Waals surface area contributed by atoms with Crippen LogP contribution in [-0.2, 0) is 0 Å². The van der Waals surface area contributed by atoms with Gasteiger partial charge in [-0.1, -0.05) is 0 Å². The Kier molecular flexibility index (Phi) is 3.21. The summed E-state index contributed by atoms with van der Waals surface area (Å²) < 4.78 is 39.3. The molecule has 18 heavy (non-hydrogen) atoms. The predicted molar refractivity (Wildman–Crippen MR) is 61.3 cm³/mol. The van der Waals surface area contributed by atoms with E-state index in [-0.39, 0.29) is 4.88 Å². The second-order valence-corrected chi connectivity index (χ2v) is 4.90. The number of benzene rings is 1. The van der Waals surface area contributed by atoms with Crippen LogP contribution in [0.2, 0.25) is 0 Å². The number of aromatic nitrogens is 1. The molecule has 0 spiro atoms. The third-order valence-corrected chi connectivity index (χ3v) is 3.46. The number of hydrogen-bond donors (Lipinski definition) is 0. The minimum absolute atomic E-state index is 0.234. The molecule has 1 heterocycles. The van der Waals surface area contributed by atoms with Crippen molar-refractivity contribution in [3.8, 4) is 0 Å². The van der Waals surface area contributed by atoms with Crippen LogP contribution in [0.5, 0.6) is 0 Å². The molecule has 0 fully saturated rings. The van der Waals surface area contributed by atoms with Crippen LogP contribution in [0.4, 0.5) is 13.2 Å². The summed E-state index contributed by atoms with van der Waals surface area (Å²) in [7, 11) is 0. The van der Waals surface area contributed by atoms with Gasteiger partial charge < -0.3 is 0 Å². The average molecular weight is 271 g/mol. The summed E-state index contributed by atoms with van der Waals surface area (Å²) in [5, 5.41) is 0.652. The Morgan fingerprint density at radius 2 is 1.83 bits per heavy atom. The first-order valence-corrected chi connectivity index (χ1v) is 5.85. The van der Waals surface area contributed by atoms with E-state index < -0.39 is 28.8 Å². The lowest BCUT2D eigenvalue weighted by Gasteiger charge is -2.02. The molecule has 0 aliphatic heterocycles. The van der Waals surface area contributed by atoms with Crippen LogP contribution in [0.3, 0.4) is 0 Å². The molecule has 6 heteroatoms. The molecule has 0 atom stereocenters. The maximum Gasteiger partial charge on any atom is 0.207 e. The third-order valence-electron chi connectivity index (χ3n) is 2.39. The normalized spacial score (nSPS) is 10.7. The Balaban J connectivity index is 2.53. The van der Waals surface area contributed by atoms with Gasteiger partial charge in [0.05, 0.1) is 21.1 Å². The zero-order valence-electron chi connectivity index (χ0n) is 9.55. The maximum absolute atomic E-state index is 13.5. The van der Waals surface area contributed by atoms with E-state index in [2.05, 4.69) is 4.98 Å². The second kappa shape index (κ2) is 4.53. The van der Waals surface area contributed by atoms with Gasteiger partial charge in [0, 0.05) is 0 Å². The van der Waals surface area contributed by atoms with Crippen LogP contribution in [0.15, 0.2) is 12.1 Å². The highest BCUT2D eigenvalue weighted by Gasteiger charge is 2.22. The van der Waals surface area contributed by atoms with Gasteiger partial charge in [0.2, 0.25) is 5.78 Å². The summed E-state index contributed by atoms with van der Waals surface area (Å²) in [6, 6.07) is 1.67. The molecular weight excluding hydrogens is 263 g/mol. The van der Waals surface area contributed by atoms with E-state index >= 15 is 0 Å². The standard InChI is InChI=1S/C12H8F3NOS/c1-5-12(18-6(2)16-5)11(17)7-3-4-8(13)10(15)9(7)14/h3-4H,1-2H3. The second-order valence-electron chi connectivity index (χ2n) is 3.70. The van der Waals surface area contributed by atoms with Crippen molar-refractivity contribution in [3.05, 3.63) is 50.7 Å². The van der Waals surface area contributed by atoms with Crippen molar-refractivity contribution in [1.82, 2.24) is 4.98 Å². The molecule has 2 aromatic rings. The SMILES string of the molecule is Cc1nc(C)c(C(=O)c2ccc(F)c(F)c2F)s1. The first-order chi connectivity index (χ1) is 8.41. The van der Waals surface area contributed by atoms with Crippen molar-refractivity contribution < 1.29 is 18.0 Å². The number of nitrogens with zero attached hydrogens (tertiary/aromatic N) is 1. The van der Waals surface area contributed by atoms with Gasteiger partial charge >= 0.3 is 0 Å². The highest BCUT2D eigenvalue weighted by atomic mass is 32.1. The number of hydrogen-bond acceptors (Lipinski definition) is 3. The molecule has 94 valence electrons. The molecule has 0 unspecified atom stereocenters. The smallest absolute Gasteiger partial charge is 0.207 e. The first kappa shape index (κ1) is 12.8. The average Bonchev–Trinajstić information content (AvgIpc) is 2.65. The Labute approximate surface area is 105 Å². The monoisotopic (exact) mass is 271 g/mol. The number of carbonyl (C=O) groups is 1. The summed E-state index contributed by atoms with van der Waals surface area (Å²) in [4.78, 5) is 16.3. The van der Waals surface area contributed by atoms with Crippen molar-refractivity contribution >= 4 is 17.1 Å². The van der Waals surface area contributed by atoms with Gasteiger partial charge in [-0.05, 0) is 26.0 Å². The van der Waals surface area contributed by atoms with Gasteiger partial charge in [0.15, 0.2) is 17.5 Å². The molecule has 1 aromatic heterocycles. The van der Waals surface area contributed by atoms with Gasteiger partial charge in [-0.25, -0.2) is 18.2 Å². The van der Waals surface area contributed by atoms with Crippen LogP contribution in [0, 0.1) is 31.3 Å². The minimum Gasteiger partial charge on any atom is -0.288 e. The van der Waals surface area contributed by atoms with Crippen molar-refractivity contribution in [2.45, 2.75) is 13.8 Å². The summed E-state index contributed by atoms with van der Waals surface area (Å²) in [6.45, 7) is 3.31. The molecule has 0 aliphatic rings. The number of thiazole rings is 1. The predicted octanol–water partition coefficient (Wildman–Crippen LogP) is 3.41. The minimum atomic E-state index is -1.64. The van der Waals surface area contributed by atoms with Crippen LogP contribution in [-0.4, -0.2) is 10.8 Å². The molecule has 0 saturated heterocycles. The van der Waals surface area contributed by atoms with E-state index in [0.717, 1.165) is 23.5 Å². The fraction of sp³-hybridized carbons (Fsp3) is 0.167. The lowest BCUT2D eigenvalue weighted by Crippen LogP contribution is -2.07. The van der Waals surface area contributed by atoms with Gasteiger partial charge in [0.25, 0.3) is 0 Å². The van der Waals surface area contributed by atoms with Gasteiger partial charge in [0.1, 0.15) is 0 Å². The van der Waals surface area contributed by atoms with Crippen molar-refractivity contribution in [2.75, 3.05) is 0 Å². The quantitative estimate of drug-likeness (QED) is 0.619. The van der Waals surface area contributed by atoms with E-state index in [1.54, 1.807) is 13.8 Å². The molecule has 0 N–H and O–H groups in total. The number of carbonyl (C=O) groups excluding carboxylic acids is 1. The Hall–Kier alpha value is -1.69. The zero-order chi connectivity index (χ0) is 13.4. The fourth-order valence-corrected chi connectivity index (χ4v) is 2.44. The highest BCUT2D eigenvalue weighted by molar-refractivity contribution is 7.14. The number of ketones is 1. The Morgan fingerprint density at radius 1 is 1.17 bits per heavy atom. The molecule has 0 amide bonds. The molecular formula is C12H8F3NOS. The van der Waals surface area contributed by atoms with Gasteiger partial charge in [-0.3, -0.25) is 4.79 Å². The van der Waals surface area contributed by atoms with Crippen molar-refractivity contribution in [2.24, 2.45) is 0 Å². The summed E-state index contributed by atoms with van der Waals surface area (Å²) in [5.74, 6) is -5.11. The van der Waals surface area contributed by atoms with Crippen LogP contribution in [0.1, 0.15) is 25.9 Å². The largest absolute Gasteiger partial charge is 0.288 e. The molecule has 2 nitrogen and oxygen atoms in total. The molecule has 0 aliphatic carbocycles. The van der Waals surface area contributed by atoms with Crippen LogP contribution >= 0.6 is 11.3 Å². The molecule has 0 saturated carbocycles. The molecule has 0 radical (unpaired) electrons. The molecule has 0 bridgehead atoms. The van der Waals surface area contributed by atoms with E-state index in [4.69, 9.17) is 0 Å². The Morgan fingerprint density at radius 3 is 2.39 bits per heavy atom. The first-order valence-electron chi connectivity index (χ1n) is 5.04. The van der Waals surface area contributed by atoms with E-state index in [1.807, 2.05) is 0 Å². The van der Waals surface area contributed by atoms with Crippen LogP contribution in [0.25, 0.3) is 0 Å². The highest BCUT2D eigenvalue weighted by Crippen LogP contribution is 2.24. The third kappa shape index (κ3) is 2.03. The number of halogens is 3. The summed E-state index contributed by atoms with van der Waals surface area (Å²) in [6.07, 6.45) is 0. The van der Waals surface area contributed by atoms with Crippen molar-refractivity contribution in [1.29, 1.82) is 0 Å². The number of rotatable bonds is 2. The lowest BCUT2D eigenvalue weighted by atomic mass is 10.1. The zero-order valence-corrected chi connectivity index (χ0v) is 10.4. The molecule has 2 rings (SSSR count). The maximum atomic E-state index is 13.5. The fourth-order valence-electron chi connectivity index (χ4n) is 1.57. The van der Waals surface area contributed by atoms with Gasteiger partial charge in [-0.2, -0.15) is 0 Å². The summed E-state index contributed by atoms with van der Waals surface area (Å²) in [5.41, 5.74) is -0.0349. The topological polar surface area (TPSA) is 30.0 Å². The molecule has 1 aromatic carbocycles. The number of aryl methyl sites for hydroxylation is 2.